The third-order valence-electron chi connectivity index (χ3n) is 11.5. The van der Waals surface area contributed by atoms with Gasteiger partial charge in [0.15, 0.2) is 5.82 Å². The fourth-order valence-electron chi connectivity index (χ4n) is 8.96. The SMILES string of the molecule is c1ccc(-c2cc(-c3ccccc3)cc(-c3nc(-c4cccc(-n5c6ccccc6c6c7c8ccccc8sc7c7ccccc7c65)c4)nc4ccccc34)c2)cc1. The Morgan fingerprint density at radius 2 is 0.966 bits per heavy atom. The van der Waals surface area contributed by atoms with Crippen molar-refractivity contribution in [3.63, 3.8) is 0 Å². The van der Waals surface area contributed by atoms with Crippen LogP contribution in [-0.2, 0) is 0 Å². The first-order chi connectivity index (χ1) is 28.8. The van der Waals surface area contributed by atoms with Gasteiger partial charge in [0.25, 0.3) is 0 Å². The largest absolute Gasteiger partial charge is 0.309 e. The molecule has 0 radical (unpaired) electrons. The number of aromatic nitrogens is 3. The molecule has 0 saturated carbocycles. The van der Waals surface area contributed by atoms with Gasteiger partial charge in [-0.25, -0.2) is 9.97 Å². The molecule has 4 heteroatoms. The molecule has 270 valence electrons. The summed E-state index contributed by atoms with van der Waals surface area (Å²) in [6, 6.07) is 71.8. The molecular formula is C54H33N3S. The van der Waals surface area contributed by atoms with Crippen molar-refractivity contribution in [2.75, 3.05) is 0 Å². The Kier molecular flexibility index (Phi) is 7.40. The summed E-state index contributed by atoms with van der Waals surface area (Å²) in [5, 5.41) is 8.72. The summed E-state index contributed by atoms with van der Waals surface area (Å²) in [5.41, 5.74) is 11.9. The quantitative estimate of drug-likeness (QED) is 0.175. The van der Waals surface area contributed by atoms with Crippen LogP contribution in [0.25, 0.3) is 114 Å². The first kappa shape index (κ1) is 32.8. The van der Waals surface area contributed by atoms with E-state index in [1.807, 2.05) is 11.3 Å². The minimum Gasteiger partial charge on any atom is -0.309 e. The van der Waals surface area contributed by atoms with Crippen molar-refractivity contribution < 1.29 is 0 Å². The van der Waals surface area contributed by atoms with Gasteiger partial charge in [-0.3, -0.25) is 0 Å². The summed E-state index contributed by atoms with van der Waals surface area (Å²) in [6.07, 6.45) is 0. The second kappa shape index (κ2) is 13.1. The van der Waals surface area contributed by atoms with Gasteiger partial charge in [0.1, 0.15) is 0 Å². The summed E-state index contributed by atoms with van der Waals surface area (Å²) in [4.78, 5) is 10.7. The highest BCUT2D eigenvalue weighted by molar-refractivity contribution is 7.27. The van der Waals surface area contributed by atoms with Crippen LogP contribution in [-0.4, -0.2) is 14.5 Å². The van der Waals surface area contributed by atoms with E-state index in [1.165, 1.54) is 63.9 Å². The van der Waals surface area contributed by atoms with E-state index in [4.69, 9.17) is 9.97 Å². The van der Waals surface area contributed by atoms with Crippen molar-refractivity contribution in [3.05, 3.63) is 200 Å². The number of hydrogen-bond acceptors (Lipinski definition) is 3. The van der Waals surface area contributed by atoms with Gasteiger partial charge in [-0.1, -0.05) is 152 Å². The molecular weight excluding hydrogens is 723 g/mol. The predicted molar refractivity (Wildman–Crippen MR) is 246 cm³/mol. The molecule has 0 bridgehead atoms. The number of rotatable bonds is 5. The summed E-state index contributed by atoms with van der Waals surface area (Å²) < 4.78 is 5.10. The molecule has 3 heterocycles. The van der Waals surface area contributed by atoms with Gasteiger partial charge >= 0.3 is 0 Å². The number of hydrogen-bond donors (Lipinski definition) is 0. The molecule has 3 nitrogen and oxygen atoms in total. The van der Waals surface area contributed by atoms with Gasteiger partial charge in [0, 0.05) is 63.9 Å². The van der Waals surface area contributed by atoms with E-state index in [9.17, 15) is 0 Å². The first-order valence-electron chi connectivity index (χ1n) is 19.7. The Morgan fingerprint density at radius 3 is 1.72 bits per heavy atom. The second-order valence-corrected chi connectivity index (χ2v) is 16.0. The van der Waals surface area contributed by atoms with Gasteiger partial charge in [0.05, 0.1) is 22.2 Å². The van der Waals surface area contributed by atoms with Gasteiger partial charge in [0.2, 0.25) is 0 Å². The lowest BCUT2D eigenvalue weighted by molar-refractivity contribution is 1.17. The maximum atomic E-state index is 5.46. The summed E-state index contributed by atoms with van der Waals surface area (Å²) >= 11 is 1.89. The number of nitrogens with zero attached hydrogens (tertiary/aromatic N) is 3. The molecule has 0 unspecified atom stereocenters. The molecule has 0 fully saturated rings. The highest BCUT2D eigenvalue weighted by Gasteiger charge is 2.22. The van der Waals surface area contributed by atoms with Crippen molar-refractivity contribution in [3.8, 4) is 50.6 Å². The van der Waals surface area contributed by atoms with Crippen molar-refractivity contribution >= 4 is 75.0 Å². The maximum absolute atomic E-state index is 5.46. The van der Waals surface area contributed by atoms with Crippen LogP contribution in [0.3, 0.4) is 0 Å². The highest BCUT2D eigenvalue weighted by atomic mass is 32.1. The zero-order chi connectivity index (χ0) is 38.2. The number of para-hydroxylation sites is 2. The fourth-order valence-corrected chi connectivity index (χ4v) is 10.2. The van der Waals surface area contributed by atoms with Crippen LogP contribution in [0.5, 0.6) is 0 Å². The lowest BCUT2D eigenvalue weighted by atomic mass is 9.94. The number of thiophene rings is 1. The molecule has 0 spiro atoms. The van der Waals surface area contributed by atoms with Crippen LogP contribution in [0.2, 0.25) is 0 Å². The Hall–Kier alpha value is -7.40. The zero-order valence-corrected chi connectivity index (χ0v) is 32.1. The molecule has 3 aromatic heterocycles. The average Bonchev–Trinajstić information content (AvgIpc) is 3.86. The molecule has 0 atom stereocenters. The summed E-state index contributed by atoms with van der Waals surface area (Å²) in [6.45, 7) is 0. The fraction of sp³-hybridized carbons (Fsp3) is 0. The number of fused-ring (bicyclic) bond motifs is 11. The predicted octanol–water partition coefficient (Wildman–Crippen LogP) is 14.9. The third kappa shape index (κ3) is 5.12. The van der Waals surface area contributed by atoms with E-state index < -0.39 is 0 Å². The van der Waals surface area contributed by atoms with E-state index in [-0.39, 0.29) is 0 Å². The standard InChI is InChI=1S/C54H33N3S/c1-3-16-34(17-4-1)37-30-38(35-18-5-2-6-19-35)32-39(31-37)51-43-24-9-12-27-46(43)55-54(56-51)36-20-15-21-40(33-36)57-47-28-13-10-25-44(47)49-50-45-26-11-14-29-48(45)58-53(50)42-23-8-7-22-41(42)52(49)57/h1-33H. The summed E-state index contributed by atoms with van der Waals surface area (Å²) in [7, 11) is 0. The van der Waals surface area contributed by atoms with E-state index in [1.54, 1.807) is 0 Å². The molecule has 12 aromatic rings. The highest BCUT2D eigenvalue weighted by Crippen LogP contribution is 2.48. The van der Waals surface area contributed by atoms with E-state index >= 15 is 0 Å². The topological polar surface area (TPSA) is 30.7 Å². The zero-order valence-electron chi connectivity index (χ0n) is 31.3. The lowest BCUT2D eigenvalue weighted by Gasteiger charge is -2.15. The van der Waals surface area contributed by atoms with Gasteiger partial charge in [-0.2, -0.15) is 0 Å². The third-order valence-corrected chi connectivity index (χ3v) is 12.7. The van der Waals surface area contributed by atoms with Crippen molar-refractivity contribution in [1.29, 1.82) is 0 Å². The normalized spacial score (nSPS) is 11.8. The molecule has 0 saturated heterocycles. The van der Waals surface area contributed by atoms with Crippen LogP contribution in [0.15, 0.2) is 200 Å². The van der Waals surface area contributed by atoms with Crippen LogP contribution in [0, 0.1) is 0 Å². The van der Waals surface area contributed by atoms with Crippen molar-refractivity contribution in [1.82, 2.24) is 14.5 Å². The first-order valence-corrected chi connectivity index (χ1v) is 20.5. The molecule has 0 amide bonds. The van der Waals surface area contributed by atoms with Crippen LogP contribution in [0.1, 0.15) is 0 Å². The van der Waals surface area contributed by atoms with E-state index in [0.29, 0.717) is 5.82 Å². The maximum Gasteiger partial charge on any atom is 0.160 e. The molecule has 0 aliphatic carbocycles. The van der Waals surface area contributed by atoms with Crippen molar-refractivity contribution in [2.24, 2.45) is 0 Å². The van der Waals surface area contributed by atoms with Crippen LogP contribution < -0.4 is 0 Å². The number of benzene rings is 9. The van der Waals surface area contributed by atoms with Crippen molar-refractivity contribution in [2.45, 2.75) is 0 Å². The minimum absolute atomic E-state index is 0.693. The Morgan fingerprint density at radius 1 is 0.379 bits per heavy atom. The molecule has 0 N–H and O–H groups in total. The van der Waals surface area contributed by atoms with Crippen LogP contribution >= 0.6 is 11.3 Å². The van der Waals surface area contributed by atoms with Gasteiger partial charge < -0.3 is 4.57 Å². The minimum atomic E-state index is 0.693. The lowest BCUT2D eigenvalue weighted by Crippen LogP contribution is -1.98. The Balaban J connectivity index is 1.11. The second-order valence-electron chi connectivity index (χ2n) is 14.9. The monoisotopic (exact) mass is 755 g/mol. The summed E-state index contributed by atoms with van der Waals surface area (Å²) in [5.74, 6) is 0.693. The Labute approximate surface area is 338 Å². The molecule has 0 aliphatic heterocycles. The molecule has 58 heavy (non-hydrogen) atoms. The van der Waals surface area contributed by atoms with Gasteiger partial charge in [-0.15, -0.1) is 11.3 Å². The molecule has 0 aliphatic rings. The van der Waals surface area contributed by atoms with E-state index in [2.05, 4.69) is 205 Å². The van der Waals surface area contributed by atoms with Crippen LogP contribution in [0.4, 0.5) is 0 Å². The van der Waals surface area contributed by atoms with Gasteiger partial charge in [-0.05, 0) is 70.8 Å². The molecule has 9 aromatic carbocycles. The van der Waals surface area contributed by atoms with E-state index in [0.717, 1.165) is 44.5 Å². The molecule has 12 rings (SSSR count). The Bertz CT molecular complexity index is 3510. The smallest absolute Gasteiger partial charge is 0.160 e. The average molecular weight is 756 g/mol.